The lowest BCUT2D eigenvalue weighted by molar-refractivity contribution is -0.139. The molecule has 2 N–H and O–H groups in total. The van der Waals surface area contributed by atoms with Crippen LogP contribution in [0.15, 0.2) is 18.2 Å². The monoisotopic (exact) mass is 333 g/mol. The summed E-state index contributed by atoms with van der Waals surface area (Å²) in [6.45, 7) is 1.91. The van der Waals surface area contributed by atoms with E-state index in [2.05, 4.69) is 5.32 Å². The van der Waals surface area contributed by atoms with E-state index < -0.39 is 11.5 Å². The van der Waals surface area contributed by atoms with Crippen LogP contribution >= 0.6 is 11.3 Å². The lowest BCUT2D eigenvalue weighted by Gasteiger charge is -2.41. The van der Waals surface area contributed by atoms with Crippen LogP contribution in [0.3, 0.4) is 0 Å². The van der Waals surface area contributed by atoms with Gasteiger partial charge in [0.05, 0.1) is 23.9 Å². The number of aryl methyl sites for hydroxylation is 1. The van der Waals surface area contributed by atoms with Crippen LogP contribution in [0.4, 0.5) is 0 Å². The first-order chi connectivity index (χ1) is 10.9. The molecule has 0 spiro atoms. The van der Waals surface area contributed by atoms with Crippen LogP contribution in [0.1, 0.15) is 40.9 Å². The molecule has 3 rings (SSSR count). The van der Waals surface area contributed by atoms with Gasteiger partial charge in [0, 0.05) is 4.70 Å². The highest BCUT2D eigenvalue weighted by atomic mass is 32.1. The van der Waals surface area contributed by atoms with Gasteiger partial charge in [-0.15, -0.1) is 11.3 Å². The second-order valence-electron chi connectivity index (χ2n) is 6.08. The number of carboxylic acids is 1. The van der Waals surface area contributed by atoms with Crippen molar-refractivity contribution in [2.24, 2.45) is 0 Å². The number of benzene rings is 1. The lowest BCUT2D eigenvalue weighted by Crippen LogP contribution is -2.54. The topological polar surface area (TPSA) is 75.6 Å². The van der Waals surface area contributed by atoms with Crippen molar-refractivity contribution in [3.63, 3.8) is 0 Å². The van der Waals surface area contributed by atoms with Gasteiger partial charge in [-0.1, -0.05) is 0 Å². The van der Waals surface area contributed by atoms with Gasteiger partial charge in [0.2, 0.25) is 0 Å². The average Bonchev–Trinajstić information content (AvgIpc) is 2.81. The number of rotatable bonds is 5. The zero-order valence-electron chi connectivity index (χ0n) is 13.1. The van der Waals surface area contributed by atoms with Crippen molar-refractivity contribution in [1.29, 1.82) is 0 Å². The van der Waals surface area contributed by atoms with Crippen molar-refractivity contribution in [2.75, 3.05) is 7.11 Å². The molecule has 0 aliphatic heterocycles. The molecule has 1 aliphatic rings. The summed E-state index contributed by atoms with van der Waals surface area (Å²) in [6, 6.07) is 5.74. The zero-order valence-corrected chi connectivity index (χ0v) is 14.0. The summed E-state index contributed by atoms with van der Waals surface area (Å²) in [4.78, 5) is 24.3. The number of carbonyl (C=O) groups is 2. The Kier molecular flexibility index (Phi) is 4.02. The molecule has 0 bridgehead atoms. The Hall–Kier alpha value is -2.08. The van der Waals surface area contributed by atoms with Crippen molar-refractivity contribution in [1.82, 2.24) is 5.32 Å². The number of amides is 1. The molecule has 0 saturated heterocycles. The molecule has 1 heterocycles. The van der Waals surface area contributed by atoms with Gasteiger partial charge in [-0.25, -0.2) is 0 Å². The Morgan fingerprint density at radius 1 is 1.39 bits per heavy atom. The molecule has 0 unspecified atom stereocenters. The minimum absolute atomic E-state index is 0.0174. The molecule has 122 valence electrons. The van der Waals surface area contributed by atoms with Crippen molar-refractivity contribution in [3.05, 3.63) is 28.6 Å². The summed E-state index contributed by atoms with van der Waals surface area (Å²) in [6.07, 6.45) is 2.39. The third-order valence-corrected chi connectivity index (χ3v) is 5.80. The number of ether oxygens (including phenoxy) is 1. The van der Waals surface area contributed by atoms with E-state index in [0.29, 0.717) is 4.88 Å². The fraction of sp³-hybridized carbons (Fsp3) is 0.412. The molecule has 1 saturated carbocycles. The van der Waals surface area contributed by atoms with E-state index >= 15 is 0 Å². The predicted molar refractivity (Wildman–Crippen MR) is 89.4 cm³/mol. The number of fused-ring (bicyclic) bond motifs is 1. The van der Waals surface area contributed by atoms with E-state index in [-0.39, 0.29) is 12.3 Å². The third kappa shape index (κ3) is 2.91. The Labute approximate surface area is 138 Å². The smallest absolute Gasteiger partial charge is 0.305 e. The van der Waals surface area contributed by atoms with Gasteiger partial charge in [0.15, 0.2) is 0 Å². The standard InChI is InChI=1S/C17H19NO4S/c1-10-12-8-11(22-2)4-5-13(12)23-15(10)16(21)18-17(6-3-7-17)9-14(19)20/h4-5,8H,3,6-7,9H2,1-2H3,(H,18,21)(H,19,20). The molecule has 0 atom stereocenters. The number of carboxylic acid groups (broad SMARTS) is 1. The molecular weight excluding hydrogens is 314 g/mol. The summed E-state index contributed by atoms with van der Waals surface area (Å²) in [7, 11) is 1.61. The van der Waals surface area contributed by atoms with Gasteiger partial charge < -0.3 is 15.2 Å². The summed E-state index contributed by atoms with van der Waals surface area (Å²) in [5, 5.41) is 13.0. The Morgan fingerprint density at radius 3 is 2.70 bits per heavy atom. The number of hydrogen-bond donors (Lipinski definition) is 2. The van der Waals surface area contributed by atoms with Gasteiger partial charge in [0.1, 0.15) is 5.75 Å². The Morgan fingerprint density at radius 2 is 2.13 bits per heavy atom. The normalized spacial score (nSPS) is 15.9. The van der Waals surface area contributed by atoms with E-state index in [1.165, 1.54) is 11.3 Å². The summed E-state index contributed by atoms with van der Waals surface area (Å²) >= 11 is 1.43. The first kappa shape index (κ1) is 15.8. The van der Waals surface area contributed by atoms with Crippen LogP contribution in [-0.4, -0.2) is 29.6 Å². The molecule has 2 aromatic rings. The van der Waals surface area contributed by atoms with Crippen LogP contribution in [-0.2, 0) is 4.79 Å². The lowest BCUT2D eigenvalue weighted by atomic mass is 9.74. The Bertz CT molecular complexity index is 776. The maximum atomic E-state index is 12.7. The molecule has 23 heavy (non-hydrogen) atoms. The number of methoxy groups -OCH3 is 1. The second kappa shape index (κ2) is 5.85. The third-order valence-electron chi connectivity index (χ3n) is 4.53. The number of hydrogen-bond acceptors (Lipinski definition) is 4. The van der Waals surface area contributed by atoms with Crippen LogP contribution in [0.5, 0.6) is 5.75 Å². The van der Waals surface area contributed by atoms with Crippen LogP contribution in [0.25, 0.3) is 10.1 Å². The zero-order chi connectivity index (χ0) is 16.6. The quantitative estimate of drug-likeness (QED) is 0.880. The van der Waals surface area contributed by atoms with E-state index in [4.69, 9.17) is 9.84 Å². The summed E-state index contributed by atoms with van der Waals surface area (Å²) < 4.78 is 6.26. The van der Waals surface area contributed by atoms with Crippen molar-refractivity contribution < 1.29 is 19.4 Å². The maximum Gasteiger partial charge on any atom is 0.305 e. The van der Waals surface area contributed by atoms with Gasteiger partial charge in [-0.2, -0.15) is 0 Å². The second-order valence-corrected chi connectivity index (χ2v) is 7.13. The molecule has 5 nitrogen and oxygen atoms in total. The van der Waals surface area contributed by atoms with Crippen molar-refractivity contribution in [3.8, 4) is 5.75 Å². The average molecular weight is 333 g/mol. The molecule has 0 radical (unpaired) electrons. The van der Waals surface area contributed by atoms with E-state index in [1.807, 2.05) is 25.1 Å². The number of aliphatic carboxylic acids is 1. The molecule has 1 aliphatic carbocycles. The maximum absolute atomic E-state index is 12.7. The minimum Gasteiger partial charge on any atom is -0.497 e. The van der Waals surface area contributed by atoms with Crippen molar-refractivity contribution >= 4 is 33.3 Å². The first-order valence-electron chi connectivity index (χ1n) is 7.55. The molecule has 1 fully saturated rings. The number of nitrogens with one attached hydrogen (secondary N) is 1. The number of thiophene rings is 1. The first-order valence-corrected chi connectivity index (χ1v) is 8.37. The Balaban J connectivity index is 1.89. The highest BCUT2D eigenvalue weighted by Gasteiger charge is 2.40. The van der Waals surface area contributed by atoms with E-state index in [9.17, 15) is 9.59 Å². The van der Waals surface area contributed by atoms with Gasteiger partial charge in [0.25, 0.3) is 5.91 Å². The SMILES string of the molecule is COc1ccc2sc(C(=O)NC3(CC(=O)O)CCC3)c(C)c2c1. The summed E-state index contributed by atoms with van der Waals surface area (Å²) in [5.74, 6) is -0.293. The largest absolute Gasteiger partial charge is 0.497 e. The molecule has 1 aromatic heterocycles. The van der Waals surface area contributed by atoms with Gasteiger partial charge in [-0.3, -0.25) is 9.59 Å². The van der Waals surface area contributed by atoms with Gasteiger partial charge in [-0.05, 0) is 55.3 Å². The molecule has 1 amide bonds. The van der Waals surface area contributed by atoms with Crippen molar-refractivity contribution in [2.45, 2.75) is 38.1 Å². The fourth-order valence-corrected chi connectivity index (χ4v) is 4.16. The summed E-state index contributed by atoms with van der Waals surface area (Å²) in [5.41, 5.74) is 0.328. The molecular formula is C17H19NO4S. The van der Waals surface area contributed by atoms with E-state index in [1.54, 1.807) is 7.11 Å². The van der Waals surface area contributed by atoms with E-state index in [0.717, 1.165) is 40.7 Å². The molecule has 1 aromatic carbocycles. The van der Waals surface area contributed by atoms with Crippen LogP contribution in [0.2, 0.25) is 0 Å². The highest BCUT2D eigenvalue weighted by molar-refractivity contribution is 7.21. The highest BCUT2D eigenvalue weighted by Crippen LogP contribution is 2.37. The van der Waals surface area contributed by atoms with Crippen LogP contribution < -0.4 is 10.1 Å². The van der Waals surface area contributed by atoms with Gasteiger partial charge >= 0.3 is 5.97 Å². The van der Waals surface area contributed by atoms with Crippen LogP contribution in [0, 0.1) is 6.92 Å². The number of carbonyl (C=O) groups excluding carboxylic acids is 1. The minimum atomic E-state index is -0.872. The molecule has 6 heteroatoms. The fourth-order valence-electron chi connectivity index (χ4n) is 3.08. The predicted octanol–water partition coefficient (Wildman–Crippen LogP) is 3.35.